The second kappa shape index (κ2) is 19.1. The van der Waals surface area contributed by atoms with E-state index in [0.717, 1.165) is 48.5 Å². The fourth-order valence-electron chi connectivity index (χ4n) is 5.78. The Morgan fingerprint density at radius 1 is 0.792 bits per heavy atom. The minimum absolute atomic E-state index is 0. The zero-order chi connectivity index (χ0) is 36.3. The molecule has 0 unspecified atom stereocenters. The van der Waals surface area contributed by atoms with Crippen molar-refractivity contribution in [3.05, 3.63) is 142 Å². The molecule has 0 bridgehead atoms. The summed E-state index contributed by atoms with van der Waals surface area (Å²) >= 11 is 6.63. The first kappa shape index (κ1) is 39.1. The third kappa shape index (κ3) is 11.4. The van der Waals surface area contributed by atoms with Crippen LogP contribution in [0.4, 0.5) is 0 Å². The lowest BCUT2D eigenvalue weighted by molar-refractivity contribution is -0.127. The summed E-state index contributed by atoms with van der Waals surface area (Å²) in [5.41, 5.74) is 6.42. The fraction of sp³-hybridized carbons (Fsp3) is 0.262. The molecule has 0 spiro atoms. The van der Waals surface area contributed by atoms with Crippen molar-refractivity contribution in [1.82, 2.24) is 19.8 Å². The van der Waals surface area contributed by atoms with Crippen LogP contribution in [0.2, 0.25) is 5.02 Å². The molecule has 0 N–H and O–H groups in total. The maximum Gasteiger partial charge on any atom is 0.246 e. The molecule has 0 aliphatic carbocycles. The Bertz CT molecular complexity index is 1920. The SMILES string of the molecule is COc1ccc(OCCc2ccc(CN3CCN(C(=O)/C=C/c4cc(C)c(Oc5ccc(OCc6ccc(C)cc6)cn5)c(Cl)c4)CC3)cc2)cn1.Cl. The molecule has 11 heteroatoms. The van der Waals surface area contributed by atoms with Gasteiger partial charge in [-0.05, 0) is 72.0 Å². The van der Waals surface area contributed by atoms with Crippen molar-refractivity contribution in [3.63, 3.8) is 0 Å². The highest BCUT2D eigenvalue weighted by Crippen LogP contribution is 2.34. The normalized spacial score (nSPS) is 13.0. The summed E-state index contributed by atoms with van der Waals surface area (Å²) < 4.78 is 22.8. The van der Waals surface area contributed by atoms with Crippen LogP contribution in [0, 0.1) is 13.8 Å². The quantitative estimate of drug-likeness (QED) is 0.104. The number of piperazine rings is 1. The number of methoxy groups -OCH3 is 1. The Balaban J connectivity index is 0.00000541. The van der Waals surface area contributed by atoms with E-state index in [-0.39, 0.29) is 18.3 Å². The van der Waals surface area contributed by atoms with Crippen molar-refractivity contribution in [2.75, 3.05) is 39.9 Å². The van der Waals surface area contributed by atoms with Gasteiger partial charge in [0.1, 0.15) is 18.1 Å². The van der Waals surface area contributed by atoms with Crippen LogP contribution in [0.15, 0.2) is 103 Å². The van der Waals surface area contributed by atoms with Gasteiger partial charge in [-0.2, -0.15) is 0 Å². The number of ether oxygens (including phenoxy) is 4. The van der Waals surface area contributed by atoms with Crippen LogP contribution in [0.1, 0.15) is 33.4 Å². The third-order valence-electron chi connectivity index (χ3n) is 8.80. The summed E-state index contributed by atoms with van der Waals surface area (Å²) in [6, 6.07) is 27.8. The second-order valence-corrected chi connectivity index (χ2v) is 13.2. The first-order chi connectivity index (χ1) is 25.3. The lowest BCUT2D eigenvalue weighted by Gasteiger charge is -2.34. The lowest BCUT2D eigenvalue weighted by atomic mass is 10.1. The second-order valence-electron chi connectivity index (χ2n) is 12.7. The van der Waals surface area contributed by atoms with Gasteiger partial charge in [-0.15, -0.1) is 12.4 Å². The molecule has 0 saturated carbocycles. The number of hydrogen-bond acceptors (Lipinski definition) is 8. The molecular weight excluding hydrogens is 711 g/mol. The topological polar surface area (TPSA) is 86.3 Å². The molecule has 5 aromatic rings. The van der Waals surface area contributed by atoms with Crippen LogP contribution in [0.5, 0.6) is 29.0 Å². The average Bonchev–Trinajstić information content (AvgIpc) is 3.17. The van der Waals surface area contributed by atoms with Gasteiger partial charge in [-0.1, -0.05) is 65.7 Å². The highest BCUT2D eigenvalue weighted by molar-refractivity contribution is 6.32. The molecule has 9 nitrogen and oxygen atoms in total. The zero-order valence-corrected chi connectivity index (χ0v) is 31.7. The number of amides is 1. The van der Waals surface area contributed by atoms with Crippen molar-refractivity contribution in [3.8, 4) is 29.0 Å². The van der Waals surface area contributed by atoms with Crippen LogP contribution in [0.3, 0.4) is 0 Å². The first-order valence-electron chi connectivity index (χ1n) is 17.3. The van der Waals surface area contributed by atoms with Crippen molar-refractivity contribution < 1.29 is 23.7 Å². The van der Waals surface area contributed by atoms with Crippen LogP contribution >= 0.6 is 24.0 Å². The molecule has 53 heavy (non-hydrogen) atoms. The van der Waals surface area contributed by atoms with E-state index in [0.29, 0.717) is 54.6 Å². The number of carbonyl (C=O) groups is 1. The molecule has 2 aromatic heterocycles. The molecule has 0 radical (unpaired) electrons. The highest BCUT2D eigenvalue weighted by Gasteiger charge is 2.20. The van der Waals surface area contributed by atoms with Crippen LogP contribution in [0.25, 0.3) is 6.08 Å². The van der Waals surface area contributed by atoms with Gasteiger partial charge in [0.05, 0.1) is 31.1 Å². The number of aromatic nitrogens is 2. The van der Waals surface area contributed by atoms with Crippen molar-refractivity contribution in [2.45, 2.75) is 33.4 Å². The maximum atomic E-state index is 13.1. The molecule has 3 aromatic carbocycles. The Morgan fingerprint density at radius 2 is 1.43 bits per heavy atom. The first-order valence-corrected chi connectivity index (χ1v) is 17.7. The number of halogens is 2. The van der Waals surface area contributed by atoms with Crippen LogP contribution in [-0.2, 0) is 24.4 Å². The van der Waals surface area contributed by atoms with E-state index >= 15 is 0 Å². The van der Waals surface area contributed by atoms with E-state index in [9.17, 15) is 4.79 Å². The van der Waals surface area contributed by atoms with Gasteiger partial charge < -0.3 is 23.8 Å². The van der Waals surface area contributed by atoms with E-state index < -0.39 is 0 Å². The number of hydrogen-bond donors (Lipinski definition) is 0. The smallest absolute Gasteiger partial charge is 0.246 e. The standard InChI is InChI=1S/C42H43ClN4O5.ClH/c1-30-4-6-34(7-5-30)29-51-37-14-16-40(45-27-37)52-42-31(2)24-35(25-38(42)43)12-17-41(48)47-21-19-46(20-22-47)28-33-10-8-32(9-11-33)18-23-50-36-13-15-39(49-3)44-26-36;/h4-17,24-27H,18-23,28-29H2,1-3H3;1H/b17-12+;. The van der Waals surface area contributed by atoms with E-state index in [1.54, 1.807) is 49.9 Å². The summed E-state index contributed by atoms with van der Waals surface area (Å²) in [7, 11) is 1.59. The molecule has 1 fully saturated rings. The molecule has 1 aliphatic rings. The average molecular weight is 756 g/mol. The number of nitrogens with zero attached hydrogens (tertiary/aromatic N) is 4. The summed E-state index contributed by atoms with van der Waals surface area (Å²) in [5.74, 6) is 2.86. The monoisotopic (exact) mass is 754 g/mol. The molecule has 1 saturated heterocycles. The van der Waals surface area contributed by atoms with Gasteiger partial charge in [0.15, 0.2) is 5.75 Å². The van der Waals surface area contributed by atoms with E-state index in [1.807, 2.05) is 42.2 Å². The minimum Gasteiger partial charge on any atom is -0.492 e. The van der Waals surface area contributed by atoms with Crippen molar-refractivity contribution in [1.29, 1.82) is 0 Å². The van der Waals surface area contributed by atoms with Crippen LogP contribution in [-0.4, -0.2) is 65.6 Å². The summed E-state index contributed by atoms with van der Waals surface area (Å²) in [4.78, 5) is 25.9. The van der Waals surface area contributed by atoms with E-state index in [2.05, 4.69) is 58.2 Å². The Labute approximate surface area is 322 Å². The fourth-order valence-corrected chi connectivity index (χ4v) is 6.09. The molecular formula is C42H44Cl2N4O5. The van der Waals surface area contributed by atoms with Gasteiger partial charge in [-0.3, -0.25) is 9.69 Å². The zero-order valence-electron chi connectivity index (χ0n) is 30.2. The number of pyridine rings is 2. The minimum atomic E-state index is -0.0142. The van der Waals surface area contributed by atoms with Crippen molar-refractivity contribution >= 4 is 36.0 Å². The number of aryl methyl sites for hydroxylation is 2. The molecule has 3 heterocycles. The van der Waals surface area contributed by atoms with Gasteiger partial charge in [0.2, 0.25) is 17.7 Å². The third-order valence-corrected chi connectivity index (χ3v) is 9.08. The summed E-state index contributed by atoms with van der Waals surface area (Å²) in [6.45, 7) is 8.84. The maximum absolute atomic E-state index is 13.1. The number of carbonyl (C=O) groups excluding carboxylic acids is 1. The summed E-state index contributed by atoms with van der Waals surface area (Å²) in [6.07, 6.45) is 7.53. The lowest BCUT2D eigenvalue weighted by Crippen LogP contribution is -2.47. The molecule has 1 amide bonds. The predicted octanol–water partition coefficient (Wildman–Crippen LogP) is 8.53. The molecule has 276 valence electrons. The van der Waals surface area contributed by atoms with Gasteiger partial charge >= 0.3 is 0 Å². The number of rotatable bonds is 14. The Hall–Kier alpha value is -5.09. The molecule has 0 atom stereocenters. The van der Waals surface area contributed by atoms with E-state index in [4.69, 9.17) is 30.5 Å². The number of benzene rings is 3. The predicted molar refractivity (Wildman–Crippen MR) is 211 cm³/mol. The Kier molecular flexibility index (Phi) is 14.1. The van der Waals surface area contributed by atoms with Gasteiger partial charge in [0.25, 0.3) is 0 Å². The largest absolute Gasteiger partial charge is 0.492 e. The van der Waals surface area contributed by atoms with E-state index in [1.165, 1.54) is 16.7 Å². The van der Waals surface area contributed by atoms with Gasteiger partial charge in [-0.25, -0.2) is 9.97 Å². The molecule has 6 rings (SSSR count). The van der Waals surface area contributed by atoms with Gasteiger partial charge in [0, 0.05) is 57.4 Å². The van der Waals surface area contributed by atoms with Crippen LogP contribution < -0.4 is 18.9 Å². The highest BCUT2D eigenvalue weighted by atomic mass is 35.5. The summed E-state index contributed by atoms with van der Waals surface area (Å²) in [5, 5.41) is 0.440. The molecule has 1 aliphatic heterocycles. The Morgan fingerprint density at radius 3 is 2.08 bits per heavy atom. The van der Waals surface area contributed by atoms with Crippen molar-refractivity contribution in [2.24, 2.45) is 0 Å².